The van der Waals surface area contributed by atoms with Crippen LogP contribution in [0.25, 0.3) is 10.9 Å². The number of aryl methyl sites for hydroxylation is 1. The van der Waals surface area contributed by atoms with Crippen molar-refractivity contribution in [3.8, 4) is 17.6 Å². The molecule has 0 atom stereocenters. The molecule has 2 aromatic carbocycles. The molecule has 1 saturated carbocycles. The zero-order valence-corrected chi connectivity index (χ0v) is 16.6. The number of phenolic OH excluding ortho intramolecular Hbond substituents is 1. The van der Waals surface area contributed by atoms with Crippen LogP contribution in [-0.4, -0.2) is 27.9 Å². The number of pyridine rings is 1. The van der Waals surface area contributed by atoms with Gasteiger partial charge >= 0.3 is 0 Å². The number of nitrogens with zero attached hydrogens (tertiary/aromatic N) is 2. The number of benzene rings is 2. The van der Waals surface area contributed by atoms with Gasteiger partial charge < -0.3 is 10.0 Å². The van der Waals surface area contributed by atoms with Crippen molar-refractivity contribution in [2.24, 2.45) is 5.92 Å². The Morgan fingerprint density at radius 1 is 1.21 bits per heavy atom. The average Bonchev–Trinajstić information content (AvgIpc) is 3.48. The molecule has 1 aliphatic carbocycles. The summed E-state index contributed by atoms with van der Waals surface area (Å²) in [5.41, 5.74) is 5.99. The molecule has 0 spiro atoms. The average molecular weight is 382 g/mol. The zero-order chi connectivity index (χ0) is 20.1. The number of hydrogen-bond acceptors (Lipinski definition) is 3. The molecule has 4 heteroatoms. The fourth-order valence-corrected chi connectivity index (χ4v) is 3.91. The lowest BCUT2D eigenvalue weighted by Gasteiger charge is -2.11. The van der Waals surface area contributed by atoms with Crippen molar-refractivity contribution in [2.45, 2.75) is 32.7 Å². The molecule has 1 aliphatic heterocycles. The molecule has 3 aromatic rings. The number of carbonyl (C=O) groups is 1. The van der Waals surface area contributed by atoms with Gasteiger partial charge in [0.2, 0.25) is 0 Å². The number of phenols is 1. The minimum Gasteiger partial charge on any atom is -0.505 e. The minimum atomic E-state index is -0.167. The smallest absolute Gasteiger partial charge is 0.258 e. The Morgan fingerprint density at radius 2 is 1.97 bits per heavy atom. The van der Waals surface area contributed by atoms with Crippen LogP contribution in [0.2, 0.25) is 0 Å². The molecule has 4 nitrogen and oxygen atoms in total. The second kappa shape index (κ2) is 6.63. The Labute approximate surface area is 170 Å². The number of hydrogen-bond donors (Lipinski definition) is 1. The molecule has 0 bridgehead atoms. The first-order valence-corrected chi connectivity index (χ1v) is 10.00. The Hall–Kier alpha value is -3.32. The van der Waals surface area contributed by atoms with E-state index >= 15 is 0 Å². The van der Waals surface area contributed by atoms with Gasteiger partial charge in [-0.15, -0.1) is 0 Å². The van der Waals surface area contributed by atoms with E-state index < -0.39 is 0 Å². The SMILES string of the molecule is Cc1ccc(Cc2cnc3c(O)c4c(c(C#CC5CC5)c3c2)CN(C)C4=O)cc1. The highest BCUT2D eigenvalue weighted by atomic mass is 16.3. The molecule has 1 fully saturated rings. The zero-order valence-electron chi connectivity index (χ0n) is 16.6. The summed E-state index contributed by atoms with van der Waals surface area (Å²) in [7, 11) is 1.75. The summed E-state index contributed by atoms with van der Waals surface area (Å²) in [6, 6.07) is 10.5. The molecule has 5 rings (SSSR count). The molecule has 2 heterocycles. The number of aromatic hydroxyl groups is 1. The van der Waals surface area contributed by atoms with Crippen LogP contribution < -0.4 is 0 Å². The number of rotatable bonds is 2. The maximum atomic E-state index is 12.6. The predicted molar refractivity (Wildman–Crippen MR) is 113 cm³/mol. The van der Waals surface area contributed by atoms with Crippen molar-refractivity contribution in [3.05, 3.63) is 69.9 Å². The van der Waals surface area contributed by atoms with Gasteiger partial charge in [0.05, 0.1) is 5.56 Å². The van der Waals surface area contributed by atoms with E-state index in [4.69, 9.17) is 0 Å². The van der Waals surface area contributed by atoms with Gasteiger partial charge in [-0.1, -0.05) is 41.7 Å². The maximum Gasteiger partial charge on any atom is 0.258 e. The van der Waals surface area contributed by atoms with Gasteiger partial charge in [0, 0.05) is 42.2 Å². The minimum absolute atomic E-state index is 0.0248. The molecule has 0 saturated heterocycles. The van der Waals surface area contributed by atoms with Crippen LogP contribution >= 0.6 is 0 Å². The van der Waals surface area contributed by atoms with Gasteiger partial charge in [0.25, 0.3) is 5.91 Å². The number of amides is 1. The van der Waals surface area contributed by atoms with Crippen LogP contribution in [0.3, 0.4) is 0 Å². The summed E-state index contributed by atoms with van der Waals surface area (Å²) in [5, 5.41) is 11.7. The third-order valence-electron chi connectivity index (χ3n) is 5.74. The molecule has 0 unspecified atom stereocenters. The highest BCUT2D eigenvalue weighted by Crippen LogP contribution is 2.39. The normalized spacial score (nSPS) is 15.4. The van der Waals surface area contributed by atoms with E-state index in [9.17, 15) is 9.90 Å². The predicted octanol–water partition coefficient (Wildman–Crippen LogP) is 4.19. The van der Waals surface area contributed by atoms with Crippen LogP contribution in [0.5, 0.6) is 5.75 Å². The van der Waals surface area contributed by atoms with Crippen molar-refractivity contribution in [1.29, 1.82) is 0 Å². The fourth-order valence-electron chi connectivity index (χ4n) is 3.91. The highest BCUT2D eigenvalue weighted by Gasteiger charge is 2.33. The van der Waals surface area contributed by atoms with E-state index in [-0.39, 0.29) is 11.7 Å². The van der Waals surface area contributed by atoms with Crippen molar-refractivity contribution in [2.75, 3.05) is 7.05 Å². The molecule has 144 valence electrons. The molecule has 1 aromatic heterocycles. The van der Waals surface area contributed by atoms with Gasteiger partial charge in [0.1, 0.15) is 5.52 Å². The molecular weight excluding hydrogens is 360 g/mol. The van der Waals surface area contributed by atoms with Crippen molar-refractivity contribution in [1.82, 2.24) is 9.88 Å². The Morgan fingerprint density at radius 3 is 2.69 bits per heavy atom. The number of aromatic nitrogens is 1. The van der Waals surface area contributed by atoms with Crippen molar-refractivity contribution < 1.29 is 9.90 Å². The monoisotopic (exact) mass is 382 g/mol. The van der Waals surface area contributed by atoms with Crippen molar-refractivity contribution in [3.63, 3.8) is 0 Å². The second-order valence-corrected chi connectivity index (χ2v) is 8.18. The molecule has 29 heavy (non-hydrogen) atoms. The Bertz CT molecular complexity index is 1210. The van der Waals surface area contributed by atoms with E-state index in [1.54, 1.807) is 18.1 Å². The Balaban J connectivity index is 1.68. The second-order valence-electron chi connectivity index (χ2n) is 8.18. The largest absolute Gasteiger partial charge is 0.505 e. The van der Waals surface area contributed by atoms with Gasteiger partial charge in [0.15, 0.2) is 5.75 Å². The van der Waals surface area contributed by atoms with Crippen LogP contribution in [0.4, 0.5) is 0 Å². The summed E-state index contributed by atoms with van der Waals surface area (Å²) < 4.78 is 0. The van der Waals surface area contributed by atoms with E-state index in [2.05, 4.69) is 54.1 Å². The number of carbonyl (C=O) groups excluding carboxylic acids is 1. The van der Waals surface area contributed by atoms with Gasteiger partial charge in [-0.05, 0) is 43.4 Å². The third kappa shape index (κ3) is 3.13. The van der Waals surface area contributed by atoms with E-state index in [1.807, 2.05) is 0 Å². The molecule has 2 aliphatic rings. The van der Waals surface area contributed by atoms with E-state index in [0.717, 1.165) is 41.3 Å². The first-order valence-electron chi connectivity index (χ1n) is 10.00. The van der Waals surface area contributed by atoms with Crippen LogP contribution in [0, 0.1) is 24.7 Å². The summed E-state index contributed by atoms with van der Waals surface area (Å²) in [6.07, 6.45) is 4.83. The molecule has 1 N–H and O–H groups in total. The highest BCUT2D eigenvalue weighted by molar-refractivity contribution is 6.08. The lowest BCUT2D eigenvalue weighted by Crippen LogP contribution is -2.17. The van der Waals surface area contributed by atoms with Crippen LogP contribution in [0.1, 0.15) is 51.0 Å². The summed E-state index contributed by atoms with van der Waals surface area (Å²) in [5.74, 6) is 6.93. The summed E-state index contributed by atoms with van der Waals surface area (Å²) in [4.78, 5) is 18.8. The summed E-state index contributed by atoms with van der Waals surface area (Å²) in [6.45, 7) is 2.54. The first kappa shape index (κ1) is 17.8. The van der Waals surface area contributed by atoms with Crippen LogP contribution in [0.15, 0.2) is 36.5 Å². The number of fused-ring (bicyclic) bond motifs is 2. The summed E-state index contributed by atoms with van der Waals surface area (Å²) >= 11 is 0. The van der Waals surface area contributed by atoms with Crippen molar-refractivity contribution >= 4 is 16.8 Å². The van der Waals surface area contributed by atoms with E-state index in [0.29, 0.717) is 23.5 Å². The lowest BCUT2D eigenvalue weighted by molar-refractivity contribution is 0.0814. The maximum absolute atomic E-state index is 12.6. The lowest BCUT2D eigenvalue weighted by atomic mass is 9.95. The first-order chi connectivity index (χ1) is 14.0. The topological polar surface area (TPSA) is 53.4 Å². The molecular formula is C25H22N2O2. The fraction of sp³-hybridized carbons (Fsp3) is 0.280. The van der Waals surface area contributed by atoms with Gasteiger partial charge in [-0.3, -0.25) is 9.78 Å². The third-order valence-corrected chi connectivity index (χ3v) is 5.74. The van der Waals surface area contributed by atoms with Gasteiger partial charge in [-0.25, -0.2) is 0 Å². The van der Waals surface area contributed by atoms with Crippen LogP contribution in [-0.2, 0) is 13.0 Å². The standard InChI is InChI=1S/C25H22N2O2/c1-15-3-5-17(6-4-15)11-18-12-20-19(10-9-16-7-8-16)21-14-27(2)25(29)22(21)24(28)23(20)26-13-18/h3-6,12-13,16,28H,7-8,11,14H2,1-2H3. The molecule has 1 amide bonds. The van der Waals surface area contributed by atoms with Gasteiger partial charge in [-0.2, -0.15) is 0 Å². The quantitative estimate of drug-likeness (QED) is 0.676. The van der Waals surface area contributed by atoms with E-state index in [1.165, 1.54) is 11.1 Å². The Kier molecular flexibility index (Phi) is 4.06. The molecule has 0 radical (unpaired) electrons.